The first-order valence-electron chi connectivity index (χ1n) is 12.9. The number of aliphatic hydroxyl groups is 4. The Labute approximate surface area is 225 Å². The lowest BCUT2D eigenvalue weighted by Gasteiger charge is -2.30. The number of hydrogen-bond donors (Lipinski definition) is 4. The molecule has 0 heterocycles. The van der Waals surface area contributed by atoms with Crippen molar-refractivity contribution in [1.29, 1.82) is 0 Å². The van der Waals surface area contributed by atoms with Gasteiger partial charge in [0, 0.05) is 14.2 Å². The Morgan fingerprint density at radius 1 is 0.395 bits per heavy atom. The van der Waals surface area contributed by atoms with Crippen molar-refractivity contribution in [2.24, 2.45) is 0 Å². The number of hydrogen-bond acceptors (Lipinski definition) is 14. The third-order valence-corrected chi connectivity index (χ3v) is 4.94. The van der Waals surface area contributed by atoms with Crippen LogP contribution in [-0.2, 0) is 47.4 Å². The fraction of sp³-hybridized carbons (Fsp3) is 1.00. The molecule has 0 aromatic heterocycles. The molecule has 0 aromatic carbocycles. The highest BCUT2D eigenvalue weighted by atomic mass is 16.6. The Hall–Kier alpha value is -0.560. The van der Waals surface area contributed by atoms with Crippen LogP contribution in [0.3, 0.4) is 0 Å². The zero-order chi connectivity index (χ0) is 28.1. The molecule has 0 fully saturated rings. The smallest absolute Gasteiger partial charge is 0.111 e. The second-order valence-electron chi connectivity index (χ2n) is 7.82. The van der Waals surface area contributed by atoms with Crippen molar-refractivity contribution in [3.05, 3.63) is 0 Å². The maximum absolute atomic E-state index is 10.4. The molecule has 0 spiro atoms. The van der Waals surface area contributed by atoms with E-state index in [0.717, 1.165) is 0 Å². The van der Waals surface area contributed by atoms with Crippen molar-refractivity contribution in [1.82, 2.24) is 0 Å². The third kappa shape index (κ3) is 22.3. The second-order valence-corrected chi connectivity index (χ2v) is 7.82. The minimum Gasteiger partial charge on any atom is -0.394 e. The van der Waals surface area contributed by atoms with Crippen LogP contribution >= 0.6 is 0 Å². The highest BCUT2D eigenvalue weighted by Gasteiger charge is 2.33. The van der Waals surface area contributed by atoms with Crippen molar-refractivity contribution in [3.8, 4) is 0 Å². The van der Waals surface area contributed by atoms with Gasteiger partial charge in [-0.3, -0.25) is 0 Å². The van der Waals surface area contributed by atoms with Crippen LogP contribution in [0.4, 0.5) is 0 Å². The van der Waals surface area contributed by atoms with E-state index in [-0.39, 0.29) is 26.4 Å². The van der Waals surface area contributed by atoms with Crippen LogP contribution in [0.1, 0.15) is 0 Å². The SMILES string of the molecule is COCCOCCOCCOCCO[C@@H](CO)[C@H](O)[C@@H](O)[C@H](CO)OCCOCCOCCOCCOC. The largest absolute Gasteiger partial charge is 0.394 e. The lowest BCUT2D eigenvalue weighted by molar-refractivity contribution is -0.160. The van der Waals surface area contributed by atoms with Crippen molar-refractivity contribution >= 4 is 0 Å². The van der Waals surface area contributed by atoms with E-state index in [1.807, 2.05) is 0 Å². The molecule has 38 heavy (non-hydrogen) atoms. The normalized spacial score (nSPS) is 15.0. The molecule has 0 aliphatic rings. The molecule has 4 atom stereocenters. The molecule has 0 rings (SSSR count). The Morgan fingerprint density at radius 3 is 0.868 bits per heavy atom. The van der Waals surface area contributed by atoms with E-state index in [2.05, 4.69) is 0 Å². The number of rotatable bonds is 31. The molecule has 0 aromatic rings. The predicted octanol–water partition coefficient (Wildman–Crippen LogP) is -2.14. The average Bonchev–Trinajstić information content (AvgIpc) is 2.93. The van der Waals surface area contributed by atoms with Crippen LogP contribution in [0.25, 0.3) is 0 Å². The van der Waals surface area contributed by atoms with Crippen molar-refractivity contribution in [3.63, 3.8) is 0 Å². The van der Waals surface area contributed by atoms with E-state index >= 15 is 0 Å². The minimum atomic E-state index is -1.49. The lowest BCUT2D eigenvalue weighted by atomic mass is 10.0. The van der Waals surface area contributed by atoms with Gasteiger partial charge in [0.15, 0.2) is 0 Å². The van der Waals surface area contributed by atoms with Crippen molar-refractivity contribution in [2.75, 3.05) is 133 Å². The van der Waals surface area contributed by atoms with E-state index in [9.17, 15) is 20.4 Å². The third-order valence-electron chi connectivity index (χ3n) is 4.94. The molecule has 0 aliphatic carbocycles. The topological polar surface area (TPSA) is 173 Å². The fourth-order valence-corrected chi connectivity index (χ4v) is 2.84. The summed E-state index contributed by atoms with van der Waals surface area (Å²) in [5, 5.41) is 39.8. The monoisotopic (exact) mass is 562 g/mol. The van der Waals surface area contributed by atoms with Crippen molar-refractivity contribution in [2.45, 2.75) is 24.4 Å². The number of methoxy groups -OCH3 is 2. The van der Waals surface area contributed by atoms with Gasteiger partial charge in [-0.15, -0.1) is 0 Å². The molecule has 0 aliphatic heterocycles. The van der Waals surface area contributed by atoms with Gasteiger partial charge in [0.2, 0.25) is 0 Å². The Bertz CT molecular complexity index is 422. The van der Waals surface area contributed by atoms with E-state index in [1.165, 1.54) is 0 Å². The van der Waals surface area contributed by atoms with Crippen LogP contribution in [0, 0.1) is 0 Å². The van der Waals surface area contributed by atoms with E-state index < -0.39 is 37.6 Å². The van der Waals surface area contributed by atoms with Gasteiger partial charge >= 0.3 is 0 Å². The fourth-order valence-electron chi connectivity index (χ4n) is 2.84. The number of aliphatic hydroxyl groups excluding tert-OH is 4. The Kier molecular flexibility index (Phi) is 29.0. The molecule has 0 unspecified atom stereocenters. The number of ether oxygens (including phenoxy) is 10. The summed E-state index contributed by atoms with van der Waals surface area (Å²) in [6, 6.07) is 0. The Morgan fingerprint density at radius 2 is 0.632 bits per heavy atom. The first-order valence-corrected chi connectivity index (χ1v) is 12.9. The summed E-state index contributed by atoms with van der Waals surface area (Å²) in [7, 11) is 3.21. The summed E-state index contributed by atoms with van der Waals surface area (Å²) in [4.78, 5) is 0. The minimum absolute atomic E-state index is 0.0783. The molecule has 0 saturated heterocycles. The van der Waals surface area contributed by atoms with Crippen molar-refractivity contribution < 1.29 is 67.8 Å². The van der Waals surface area contributed by atoms with Gasteiger partial charge in [0.1, 0.15) is 24.4 Å². The summed E-state index contributed by atoms with van der Waals surface area (Å²) in [5.41, 5.74) is 0. The second kappa shape index (κ2) is 29.4. The molecular weight excluding hydrogens is 512 g/mol. The molecule has 230 valence electrons. The predicted molar refractivity (Wildman–Crippen MR) is 134 cm³/mol. The first-order chi connectivity index (χ1) is 18.6. The standard InChI is InChI=1S/C24H50O14/c1-29-3-5-31-7-9-33-11-13-35-15-17-37-21(19-25)23(27)24(28)22(20-26)38-18-16-36-14-12-34-10-8-32-6-4-30-2/h21-28H,3-20H2,1-2H3/t21-,22-,23-,24-/m0/s1. The molecule has 0 saturated carbocycles. The van der Waals surface area contributed by atoms with Gasteiger partial charge in [-0.2, -0.15) is 0 Å². The summed E-state index contributed by atoms with van der Waals surface area (Å²) in [5.74, 6) is 0. The van der Waals surface area contributed by atoms with Gasteiger partial charge < -0.3 is 67.8 Å². The van der Waals surface area contributed by atoms with Gasteiger partial charge in [-0.25, -0.2) is 0 Å². The summed E-state index contributed by atoms with van der Waals surface area (Å²) < 4.78 is 52.6. The summed E-state index contributed by atoms with van der Waals surface area (Å²) >= 11 is 0. The summed E-state index contributed by atoms with van der Waals surface area (Å²) in [6.45, 7) is 4.88. The van der Waals surface area contributed by atoms with Crippen LogP contribution in [0.15, 0.2) is 0 Å². The Balaban J connectivity index is 3.85. The molecule has 14 nitrogen and oxygen atoms in total. The van der Waals surface area contributed by atoms with E-state index in [4.69, 9.17) is 47.4 Å². The van der Waals surface area contributed by atoms with Gasteiger partial charge in [0.05, 0.1) is 119 Å². The van der Waals surface area contributed by atoms with Crippen LogP contribution in [0.2, 0.25) is 0 Å². The summed E-state index contributed by atoms with van der Waals surface area (Å²) in [6.07, 6.45) is -5.14. The molecule has 0 bridgehead atoms. The molecular formula is C24H50O14. The van der Waals surface area contributed by atoms with Crippen LogP contribution < -0.4 is 0 Å². The van der Waals surface area contributed by atoms with E-state index in [0.29, 0.717) is 79.3 Å². The average molecular weight is 563 g/mol. The van der Waals surface area contributed by atoms with Gasteiger partial charge in [-0.1, -0.05) is 0 Å². The first kappa shape index (κ1) is 37.4. The molecule has 14 heteroatoms. The quantitative estimate of drug-likeness (QED) is 0.0674. The molecule has 0 radical (unpaired) electrons. The maximum atomic E-state index is 10.4. The van der Waals surface area contributed by atoms with Crippen LogP contribution in [-0.4, -0.2) is 178 Å². The maximum Gasteiger partial charge on any atom is 0.111 e. The highest BCUT2D eigenvalue weighted by molar-refractivity contribution is 4.82. The molecule has 4 N–H and O–H groups in total. The zero-order valence-corrected chi connectivity index (χ0v) is 22.9. The zero-order valence-electron chi connectivity index (χ0n) is 22.9. The highest BCUT2D eigenvalue weighted by Crippen LogP contribution is 2.11. The van der Waals surface area contributed by atoms with Gasteiger partial charge in [0.25, 0.3) is 0 Å². The lowest BCUT2D eigenvalue weighted by Crippen LogP contribution is -2.49. The van der Waals surface area contributed by atoms with Crippen LogP contribution in [0.5, 0.6) is 0 Å². The van der Waals surface area contributed by atoms with Gasteiger partial charge in [-0.05, 0) is 0 Å². The molecule has 0 amide bonds. The van der Waals surface area contributed by atoms with E-state index in [1.54, 1.807) is 14.2 Å².